The van der Waals surface area contributed by atoms with Gasteiger partial charge in [0.15, 0.2) is 0 Å². The van der Waals surface area contributed by atoms with E-state index in [2.05, 4.69) is 36.1 Å². The van der Waals surface area contributed by atoms with E-state index in [1.165, 1.54) is 0 Å². The summed E-state index contributed by atoms with van der Waals surface area (Å²) in [6, 6.07) is 4.29. The highest BCUT2D eigenvalue weighted by atomic mass is 32.1. The maximum Gasteiger partial charge on any atom is 0.126 e. The highest BCUT2D eigenvalue weighted by Crippen LogP contribution is 2.06. The average molecular weight is 266 g/mol. The number of hydrogen-bond donors (Lipinski definition) is 2. The van der Waals surface area contributed by atoms with Gasteiger partial charge in [-0.1, -0.05) is 12.2 Å². The van der Waals surface area contributed by atoms with Crippen LogP contribution in [-0.2, 0) is 0 Å². The molecule has 1 aromatic rings. The topological polar surface area (TPSA) is 54.2 Å². The van der Waals surface area contributed by atoms with E-state index < -0.39 is 0 Å². The minimum Gasteiger partial charge on any atom is -0.389 e. The lowest BCUT2D eigenvalue weighted by molar-refractivity contribution is 0.273. The fraction of sp³-hybridized carbons (Fsp3) is 0.538. The van der Waals surface area contributed by atoms with Gasteiger partial charge in [0.05, 0.1) is 0 Å². The van der Waals surface area contributed by atoms with Gasteiger partial charge in [-0.2, -0.15) is 0 Å². The second-order valence-corrected chi connectivity index (χ2v) is 5.09. The molecule has 0 atom stereocenters. The van der Waals surface area contributed by atoms with Gasteiger partial charge >= 0.3 is 0 Å². The summed E-state index contributed by atoms with van der Waals surface area (Å²) < 4.78 is 0. The summed E-state index contributed by atoms with van der Waals surface area (Å²) in [5.74, 6) is 0.826. The highest BCUT2D eigenvalue weighted by Gasteiger charge is 2.02. The van der Waals surface area contributed by atoms with Crippen molar-refractivity contribution < 1.29 is 0 Å². The third-order valence-electron chi connectivity index (χ3n) is 2.92. The van der Waals surface area contributed by atoms with Gasteiger partial charge in [0.25, 0.3) is 0 Å². The molecule has 0 aromatic carbocycles. The third-order valence-corrected chi connectivity index (χ3v) is 3.16. The number of anilines is 1. The van der Waals surface area contributed by atoms with Crippen molar-refractivity contribution in [2.24, 2.45) is 5.73 Å². The molecule has 3 N–H and O–H groups in total. The molecule has 0 spiro atoms. The van der Waals surface area contributed by atoms with Gasteiger partial charge in [0, 0.05) is 24.3 Å². The Morgan fingerprint density at radius 2 is 2.28 bits per heavy atom. The molecule has 0 saturated heterocycles. The van der Waals surface area contributed by atoms with Gasteiger partial charge in [0.1, 0.15) is 10.8 Å². The molecular formula is C13H22N4S. The van der Waals surface area contributed by atoms with Crippen molar-refractivity contribution in [2.75, 3.05) is 25.5 Å². The van der Waals surface area contributed by atoms with Crippen molar-refractivity contribution in [1.29, 1.82) is 0 Å². The Morgan fingerprint density at radius 3 is 2.89 bits per heavy atom. The number of nitrogens with zero attached hydrogens (tertiary/aromatic N) is 2. The zero-order chi connectivity index (χ0) is 13.5. The molecule has 0 radical (unpaired) electrons. The smallest absolute Gasteiger partial charge is 0.126 e. The number of pyridine rings is 1. The molecule has 0 amide bonds. The number of thiocarbonyl (C=S) groups is 1. The Balaban J connectivity index is 2.35. The molecule has 18 heavy (non-hydrogen) atoms. The molecule has 0 aliphatic carbocycles. The first-order valence-electron chi connectivity index (χ1n) is 6.20. The van der Waals surface area contributed by atoms with Crippen LogP contribution in [0, 0.1) is 0 Å². The Kier molecular flexibility index (Phi) is 6.01. The van der Waals surface area contributed by atoms with Crippen LogP contribution >= 0.6 is 12.2 Å². The minimum absolute atomic E-state index is 0.403. The predicted molar refractivity (Wildman–Crippen MR) is 81.0 cm³/mol. The van der Waals surface area contributed by atoms with E-state index in [-0.39, 0.29) is 0 Å². The van der Waals surface area contributed by atoms with Crippen LogP contribution in [0.25, 0.3) is 0 Å². The first-order chi connectivity index (χ1) is 8.50. The zero-order valence-corrected chi connectivity index (χ0v) is 12.1. The quantitative estimate of drug-likeness (QED) is 0.583. The lowest BCUT2D eigenvalue weighted by Gasteiger charge is -2.20. The van der Waals surface area contributed by atoms with Gasteiger partial charge in [-0.05, 0) is 46.0 Å². The van der Waals surface area contributed by atoms with E-state index >= 15 is 0 Å². The molecule has 1 rings (SSSR count). The second kappa shape index (κ2) is 7.28. The van der Waals surface area contributed by atoms with Gasteiger partial charge in [-0.3, -0.25) is 0 Å². The Labute approximate surface area is 115 Å². The fourth-order valence-corrected chi connectivity index (χ4v) is 1.61. The summed E-state index contributed by atoms with van der Waals surface area (Å²) in [4.78, 5) is 6.96. The Hall–Kier alpha value is -1.20. The third kappa shape index (κ3) is 4.98. The number of aromatic nitrogens is 1. The van der Waals surface area contributed by atoms with Crippen LogP contribution in [0.4, 0.5) is 5.82 Å². The maximum absolute atomic E-state index is 5.58. The van der Waals surface area contributed by atoms with Crippen molar-refractivity contribution in [2.45, 2.75) is 26.3 Å². The van der Waals surface area contributed by atoms with Crippen LogP contribution < -0.4 is 11.1 Å². The van der Waals surface area contributed by atoms with Crippen LogP contribution in [-0.4, -0.2) is 41.1 Å². The second-order valence-electron chi connectivity index (χ2n) is 4.65. The predicted octanol–water partition coefficient (Wildman–Crippen LogP) is 1.86. The normalized spacial score (nSPS) is 10.9. The maximum atomic E-state index is 5.58. The van der Waals surface area contributed by atoms with Crippen molar-refractivity contribution in [3.63, 3.8) is 0 Å². The first-order valence-corrected chi connectivity index (χ1v) is 6.61. The fourth-order valence-electron chi connectivity index (χ4n) is 1.48. The van der Waals surface area contributed by atoms with E-state index in [1.807, 2.05) is 12.1 Å². The van der Waals surface area contributed by atoms with E-state index in [4.69, 9.17) is 18.0 Å². The van der Waals surface area contributed by atoms with E-state index in [9.17, 15) is 0 Å². The van der Waals surface area contributed by atoms with Crippen molar-refractivity contribution in [3.05, 3.63) is 23.9 Å². The number of nitrogens with two attached hydrogens (primary N) is 1. The van der Waals surface area contributed by atoms with Crippen LogP contribution in [0.5, 0.6) is 0 Å². The molecule has 5 heteroatoms. The van der Waals surface area contributed by atoms with Crippen LogP contribution in [0.15, 0.2) is 18.3 Å². The van der Waals surface area contributed by atoms with Gasteiger partial charge in [0.2, 0.25) is 0 Å². The standard InChI is InChI=1S/C13H22N4S/c1-10(2)17(3)8-4-6-15-12-9-11(13(14)18)5-7-16-12/h5,7,9-10H,4,6,8H2,1-3H3,(H2,14,18)(H,15,16). The monoisotopic (exact) mass is 266 g/mol. The summed E-state index contributed by atoms with van der Waals surface area (Å²) >= 11 is 4.94. The summed E-state index contributed by atoms with van der Waals surface area (Å²) in [6.45, 7) is 6.35. The van der Waals surface area contributed by atoms with Crippen molar-refractivity contribution in [3.8, 4) is 0 Å². The molecule has 0 aliphatic heterocycles. The van der Waals surface area contributed by atoms with Crippen molar-refractivity contribution >= 4 is 23.0 Å². The molecule has 100 valence electrons. The molecule has 0 unspecified atom stereocenters. The summed E-state index contributed by atoms with van der Waals surface area (Å²) in [6.07, 6.45) is 2.80. The Morgan fingerprint density at radius 1 is 1.56 bits per heavy atom. The van der Waals surface area contributed by atoms with E-state index in [0.717, 1.165) is 30.9 Å². The first kappa shape index (κ1) is 14.9. The zero-order valence-electron chi connectivity index (χ0n) is 11.3. The van der Waals surface area contributed by atoms with Crippen molar-refractivity contribution in [1.82, 2.24) is 9.88 Å². The van der Waals surface area contributed by atoms with E-state index in [0.29, 0.717) is 11.0 Å². The molecular weight excluding hydrogens is 244 g/mol. The SMILES string of the molecule is CC(C)N(C)CCCNc1cc(C(N)=S)ccn1. The van der Waals surface area contributed by atoms with Gasteiger partial charge in [-0.25, -0.2) is 4.98 Å². The summed E-state index contributed by atoms with van der Waals surface area (Å²) in [7, 11) is 2.14. The summed E-state index contributed by atoms with van der Waals surface area (Å²) in [5.41, 5.74) is 6.43. The van der Waals surface area contributed by atoms with E-state index in [1.54, 1.807) is 6.20 Å². The highest BCUT2D eigenvalue weighted by molar-refractivity contribution is 7.80. The lowest BCUT2D eigenvalue weighted by atomic mass is 10.2. The van der Waals surface area contributed by atoms with Crippen LogP contribution in [0.1, 0.15) is 25.8 Å². The molecule has 0 bridgehead atoms. The largest absolute Gasteiger partial charge is 0.389 e. The average Bonchev–Trinajstić information content (AvgIpc) is 2.34. The summed E-state index contributed by atoms with van der Waals surface area (Å²) in [5, 5.41) is 3.28. The molecule has 0 fully saturated rings. The lowest BCUT2D eigenvalue weighted by Crippen LogP contribution is -2.28. The molecule has 1 aromatic heterocycles. The molecule has 1 heterocycles. The number of nitrogens with one attached hydrogen (secondary N) is 1. The van der Waals surface area contributed by atoms with Gasteiger partial charge in [-0.15, -0.1) is 0 Å². The van der Waals surface area contributed by atoms with Gasteiger partial charge < -0.3 is 16.0 Å². The molecule has 0 aliphatic rings. The Bertz CT molecular complexity index is 392. The van der Waals surface area contributed by atoms with Crippen LogP contribution in [0.3, 0.4) is 0 Å². The molecule has 4 nitrogen and oxygen atoms in total. The number of hydrogen-bond acceptors (Lipinski definition) is 4. The number of rotatable bonds is 7. The minimum atomic E-state index is 0.403. The van der Waals surface area contributed by atoms with Crippen LogP contribution in [0.2, 0.25) is 0 Å². The molecule has 0 saturated carbocycles.